The number of aryl methyl sites for hydroxylation is 1. The van der Waals surface area contributed by atoms with E-state index in [0.29, 0.717) is 12.8 Å². The first-order chi connectivity index (χ1) is 7.98. The molecule has 1 N–H and O–H groups in total. The van der Waals surface area contributed by atoms with Crippen molar-refractivity contribution in [3.05, 3.63) is 29.6 Å². The maximum Gasteiger partial charge on any atom is 0.248 e. The number of pyridine rings is 1. The van der Waals surface area contributed by atoms with Crippen LogP contribution in [0.2, 0.25) is 0 Å². The molecule has 94 valence electrons. The van der Waals surface area contributed by atoms with E-state index >= 15 is 0 Å². The molecule has 17 heavy (non-hydrogen) atoms. The molecule has 2 unspecified atom stereocenters. The molecule has 1 aliphatic rings. The average Bonchev–Trinajstić information content (AvgIpc) is 2.62. The Balaban J connectivity index is 1.98. The van der Waals surface area contributed by atoms with E-state index in [4.69, 9.17) is 0 Å². The van der Waals surface area contributed by atoms with Gasteiger partial charge in [-0.15, -0.1) is 0 Å². The van der Waals surface area contributed by atoms with Crippen LogP contribution in [0.1, 0.15) is 30.5 Å². The molecule has 1 aliphatic carbocycles. The van der Waals surface area contributed by atoms with Crippen LogP contribution < -0.4 is 0 Å². The van der Waals surface area contributed by atoms with E-state index in [1.807, 2.05) is 19.1 Å². The highest BCUT2D eigenvalue weighted by Crippen LogP contribution is 2.40. The van der Waals surface area contributed by atoms with Crippen molar-refractivity contribution < 1.29 is 13.9 Å². The normalized spacial score (nSPS) is 24.8. The van der Waals surface area contributed by atoms with Crippen LogP contribution in [0.15, 0.2) is 18.3 Å². The number of nitrogens with zero attached hydrogens (tertiary/aromatic N) is 1. The quantitative estimate of drug-likeness (QED) is 0.882. The smallest absolute Gasteiger partial charge is 0.248 e. The van der Waals surface area contributed by atoms with Gasteiger partial charge in [0.15, 0.2) is 0 Å². The summed E-state index contributed by atoms with van der Waals surface area (Å²) in [6, 6.07) is 3.74. The van der Waals surface area contributed by atoms with Gasteiger partial charge in [-0.3, -0.25) is 4.98 Å². The van der Waals surface area contributed by atoms with Crippen LogP contribution in [-0.4, -0.2) is 22.1 Å². The second kappa shape index (κ2) is 4.69. The second-order valence-corrected chi connectivity index (χ2v) is 4.90. The molecule has 0 radical (unpaired) electrons. The van der Waals surface area contributed by atoms with Gasteiger partial charge in [0.25, 0.3) is 0 Å². The highest BCUT2D eigenvalue weighted by Gasteiger charge is 2.42. The van der Waals surface area contributed by atoms with E-state index in [1.54, 1.807) is 6.20 Å². The van der Waals surface area contributed by atoms with E-state index in [-0.39, 0.29) is 18.8 Å². The Bertz CT molecular complexity index is 395. The summed E-state index contributed by atoms with van der Waals surface area (Å²) >= 11 is 0. The topological polar surface area (TPSA) is 33.1 Å². The summed E-state index contributed by atoms with van der Waals surface area (Å²) in [5.41, 5.74) is 1.80. The fraction of sp³-hybridized carbons (Fsp3) is 0.615. The lowest BCUT2D eigenvalue weighted by molar-refractivity contribution is -0.00489. The average molecular weight is 241 g/mol. The largest absolute Gasteiger partial charge is 0.392 e. The lowest BCUT2D eigenvalue weighted by Crippen LogP contribution is -2.23. The summed E-state index contributed by atoms with van der Waals surface area (Å²) in [7, 11) is 0. The molecule has 1 aromatic heterocycles. The monoisotopic (exact) mass is 241 g/mol. The lowest BCUT2D eigenvalue weighted by Gasteiger charge is -2.18. The third-order valence-corrected chi connectivity index (χ3v) is 3.51. The minimum absolute atomic E-state index is 0.101. The summed E-state index contributed by atoms with van der Waals surface area (Å²) in [4.78, 5) is 4.18. The van der Waals surface area contributed by atoms with Crippen molar-refractivity contribution in [3.63, 3.8) is 0 Å². The van der Waals surface area contributed by atoms with Crippen LogP contribution in [-0.2, 0) is 6.42 Å². The predicted octanol–water partition coefficient (Wildman–Crippen LogP) is 2.73. The Morgan fingerprint density at radius 1 is 1.59 bits per heavy atom. The van der Waals surface area contributed by atoms with Gasteiger partial charge in [0.2, 0.25) is 5.92 Å². The minimum atomic E-state index is -2.59. The Hall–Kier alpha value is -1.03. The molecule has 1 saturated carbocycles. The molecule has 4 heteroatoms. The number of aliphatic hydroxyl groups is 1. The molecular weight excluding hydrogens is 224 g/mol. The molecule has 0 bridgehead atoms. The molecule has 1 heterocycles. The van der Waals surface area contributed by atoms with E-state index in [9.17, 15) is 13.9 Å². The van der Waals surface area contributed by atoms with Gasteiger partial charge in [-0.25, -0.2) is 8.78 Å². The zero-order valence-electron chi connectivity index (χ0n) is 9.87. The number of aromatic nitrogens is 1. The summed E-state index contributed by atoms with van der Waals surface area (Å²) in [6.45, 7) is 1.91. The fourth-order valence-corrected chi connectivity index (χ4v) is 2.41. The molecule has 2 nitrogen and oxygen atoms in total. The van der Waals surface area contributed by atoms with Gasteiger partial charge in [0.05, 0.1) is 6.10 Å². The molecule has 0 amide bonds. The Morgan fingerprint density at radius 2 is 2.35 bits per heavy atom. The molecule has 0 spiro atoms. The van der Waals surface area contributed by atoms with E-state index in [0.717, 1.165) is 11.3 Å². The number of hydrogen-bond donors (Lipinski definition) is 1. The molecule has 1 aromatic rings. The predicted molar refractivity (Wildman–Crippen MR) is 61.0 cm³/mol. The zero-order valence-corrected chi connectivity index (χ0v) is 9.87. The summed E-state index contributed by atoms with van der Waals surface area (Å²) in [5.74, 6) is -2.89. The van der Waals surface area contributed by atoms with Gasteiger partial charge in [0.1, 0.15) is 0 Å². The summed E-state index contributed by atoms with van der Waals surface area (Å²) in [5, 5.41) is 9.99. The fourth-order valence-electron chi connectivity index (χ4n) is 2.41. The van der Waals surface area contributed by atoms with E-state index in [2.05, 4.69) is 4.98 Å². The molecular formula is C13H17F2NO. The maximum absolute atomic E-state index is 13.0. The third kappa shape index (κ3) is 3.00. The molecule has 2 atom stereocenters. The third-order valence-electron chi connectivity index (χ3n) is 3.51. The van der Waals surface area contributed by atoms with Crippen molar-refractivity contribution in [3.8, 4) is 0 Å². The van der Waals surface area contributed by atoms with Crippen molar-refractivity contribution in [1.82, 2.24) is 4.98 Å². The number of alkyl halides is 2. The van der Waals surface area contributed by atoms with Crippen LogP contribution in [0.4, 0.5) is 8.78 Å². The molecule has 2 rings (SSSR count). The van der Waals surface area contributed by atoms with Crippen molar-refractivity contribution in [1.29, 1.82) is 0 Å². The first-order valence-electron chi connectivity index (χ1n) is 5.94. The van der Waals surface area contributed by atoms with Gasteiger partial charge in [-0.1, -0.05) is 6.07 Å². The standard InChI is InChI=1S/C13H17F2NO/c1-9-3-2-6-16-11(9)7-12(17)10-4-5-13(14,15)8-10/h2-3,6,10,12,17H,4-5,7-8H2,1H3. The first-order valence-corrected chi connectivity index (χ1v) is 5.94. The van der Waals surface area contributed by atoms with Gasteiger partial charge in [-0.05, 0) is 30.9 Å². The molecule has 0 aliphatic heterocycles. The van der Waals surface area contributed by atoms with Gasteiger partial charge < -0.3 is 5.11 Å². The van der Waals surface area contributed by atoms with Crippen molar-refractivity contribution in [2.45, 2.75) is 44.6 Å². The summed E-state index contributed by atoms with van der Waals surface area (Å²) in [6.07, 6.45) is 1.43. The van der Waals surface area contributed by atoms with E-state index in [1.165, 1.54) is 0 Å². The molecule has 0 aromatic carbocycles. The number of hydrogen-bond acceptors (Lipinski definition) is 2. The van der Waals surface area contributed by atoms with Crippen LogP contribution in [0, 0.1) is 12.8 Å². The van der Waals surface area contributed by atoms with Crippen LogP contribution >= 0.6 is 0 Å². The highest BCUT2D eigenvalue weighted by atomic mass is 19.3. The van der Waals surface area contributed by atoms with Gasteiger partial charge in [-0.2, -0.15) is 0 Å². The van der Waals surface area contributed by atoms with Crippen molar-refractivity contribution in [2.75, 3.05) is 0 Å². The Labute approximate surface area is 99.7 Å². The highest BCUT2D eigenvalue weighted by molar-refractivity contribution is 5.18. The van der Waals surface area contributed by atoms with Crippen molar-refractivity contribution in [2.24, 2.45) is 5.92 Å². The lowest BCUT2D eigenvalue weighted by atomic mass is 9.95. The van der Waals surface area contributed by atoms with Crippen LogP contribution in [0.3, 0.4) is 0 Å². The van der Waals surface area contributed by atoms with Gasteiger partial charge >= 0.3 is 0 Å². The Kier molecular flexibility index (Phi) is 3.43. The Morgan fingerprint density at radius 3 is 2.94 bits per heavy atom. The second-order valence-electron chi connectivity index (χ2n) is 4.90. The minimum Gasteiger partial charge on any atom is -0.392 e. The SMILES string of the molecule is Cc1cccnc1CC(O)C1CCC(F)(F)C1. The maximum atomic E-state index is 13.0. The van der Waals surface area contributed by atoms with Crippen LogP contribution in [0.5, 0.6) is 0 Å². The van der Waals surface area contributed by atoms with E-state index < -0.39 is 12.0 Å². The first kappa shape index (κ1) is 12.4. The van der Waals surface area contributed by atoms with Crippen molar-refractivity contribution >= 4 is 0 Å². The zero-order chi connectivity index (χ0) is 12.5. The number of aliphatic hydroxyl groups excluding tert-OH is 1. The van der Waals surface area contributed by atoms with Gasteiger partial charge in [0, 0.05) is 31.2 Å². The number of rotatable bonds is 3. The van der Waals surface area contributed by atoms with Crippen LogP contribution in [0.25, 0.3) is 0 Å². The summed E-state index contributed by atoms with van der Waals surface area (Å²) < 4.78 is 26.1. The number of halogens is 2. The molecule has 1 fully saturated rings. The molecule has 0 saturated heterocycles.